The Morgan fingerprint density at radius 3 is 2.48 bits per heavy atom. The van der Waals surface area contributed by atoms with Gasteiger partial charge in [-0.25, -0.2) is 9.67 Å². The Balaban J connectivity index is 1.60. The second kappa shape index (κ2) is 7.03. The van der Waals surface area contributed by atoms with E-state index >= 15 is 0 Å². The molecular formula is C22H20N4O. The van der Waals surface area contributed by atoms with Crippen LogP contribution in [-0.2, 0) is 6.54 Å². The van der Waals surface area contributed by atoms with Crippen LogP contribution in [0.4, 0.5) is 5.69 Å². The molecule has 0 spiro atoms. The Bertz CT molecular complexity index is 1100. The molecule has 2 heterocycles. The van der Waals surface area contributed by atoms with Crippen molar-refractivity contribution in [2.75, 3.05) is 5.32 Å². The van der Waals surface area contributed by atoms with Crippen molar-refractivity contribution < 1.29 is 4.79 Å². The highest BCUT2D eigenvalue weighted by molar-refractivity contribution is 6.06. The fraction of sp³-hybridized carbons (Fsp3) is 0.136. The average molecular weight is 356 g/mol. The van der Waals surface area contributed by atoms with Crippen molar-refractivity contribution in [3.05, 3.63) is 89.2 Å². The Morgan fingerprint density at radius 2 is 1.74 bits per heavy atom. The van der Waals surface area contributed by atoms with Gasteiger partial charge in [0.15, 0.2) is 5.65 Å². The molecular weight excluding hydrogens is 336 g/mol. The van der Waals surface area contributed by atoms with Crippen LogP contribution in [0, 0.1) is 13.8 Å². The van der Waals surface area contributed by atoms with Crippen LogP contribution in [0.25, 0.3) is 11.0 Å². The zero-order valence-corrected chi connectivity index (χ0v) is 15.3. The number of pyridine rings is 1. The van der Waals surface area contributed by atoms with Gasteiger partial charge in [-0.05, 0) is 36.6 Å². The first-order valence-corrected chi connectivity index (χ1v) is 8.85. The predicted molar refractivity (Wildman–Crippen MR) is 107 cm³/mol. The molecule has 1 N–H and O–H groups in total. The highest BCUT2D eigenvalue weighted by atomic mass is 16.1. The number of fused-ring (bicyclic) bond motifs is 1. The highest BCUT2D eigenvalue weighted by Crippen LogP contribution is 2.21. The van der Waals surface area contributed by atoms with E-state index in [2.05, 4.69) is 27.5 Å². The molecule has 0 aliphatic rings. The van der Waals surface area contributed by atoms with Gasteiger partial charge in [0.1, 0.15) is 0 Å². The van der Waals surface area contributed by atoms with E-state index in [4.69, 9.17) is 0 Å². The highest BCUT2D eigenvalue weighted by Gasteiger charge is 2.13. The molecule has 1 amide bonds. The number of nitrogens with one attached hydrogen (secondary N) is 1. The maximum atomic E-state index is 12.7. The van der Waals surface area contributed by atoms with E-state index in [9.17, 15) is 4.79 Å². The maximum absolute atomic E-state index is 12.7. The van der Waals surface area contributed by atoms with Crippen molar-refractivity contribution in [1.82, 2.24) is 14.8 Å². The number of amides is 1. The molecule has 0 aliphatic carbocycles. The number of hydrogen-bond donors (Lipinski definition) is 1. The lowest BCUT2D eigenvalue weighted by Crippen LogP contribution is -2.14. The molecule has 5 nitrogen and oxygen atoms in total. The van der Waals surface area contributed by atoms with Crippen LogP contribution in [-0.4, -0.2) is 20.7 Å². The molecule has 0 radical (unpaired) electrons. The summed E-state index contributed by atoms with van der Waals surface area (Å²) in [6.45, 7) is 4.61. The smallest absolute Gasteiger partial charge is 0.257 e. The Labute approximate surface area is 157 Å². The molecule has 0 fully saturated rings. The molecule has 5 heteroatoms. The Kier molecular flexibility index (Phi) is 4.42. The van der Waals surface area contributed by atoms with Crippen molar-refractivity contribution in [1.29, 1.82) is 0 Å². The Morgan fingerprint density at radius 1 is 1.00 bits per heavy atom. The lowest BCUT2D eigenvalue weighted by atomic mass is 10.1. The van der Waals surface area contributed by atoms with E-state index < -0.39 is 0 Å². The average Bonchev–Trinajstić information content (AvgIpc) is 3.07. The van der Waals surface area contributed by atoms with Gasteiger partial charge < -0.3 is 5.32 Å². The number of rotatable bonds is 4. The summed E-state index contributed by atoms with van der Waals surface area (Å²) in [6, 6.07) is 17.9. The van der Waals surface area contributed by atoms with E-state index in [0.717, 1.165) is 33.4 Å². The third kappa shape index (κ3) is 3.44. The van der Waals surface area contributed by atoms with Crippen molar-refractivity contribution in [3.8, 4) is 0 Å². The minimum absolute atomic E-state index is 0.169. The topological polar surface area (TPSA) is 59.8 Å². The summed E-state index contributed by atoms with van der Waals surface area (Å²) in [7, 11) is 0. The van der Waals surface area contributed by atoms with Crippen LogP contribution in [0.3, 0.4) is 0 Å². The zero-order chi connectivity index (χ0) is 18.8. The van der Waals surface area contributed by atoms with E-state index in [-0.39, 0.29) is 5.91 Å². The molecule has 2 aromatic heterocycles. The van der Waals surface area contributed by atoms with Crippen molar-refractivity contribution in [2.45, 2.75) is 20.4 Å². The third-order valence-corrected chi connectivity index (χ3v) is 4.63. The van der Waals surface area contributed by atoms with E-state index in [1.54, 1.807) is 12.4 Å². The molecule has 134 valence electrons. The van der Waals surface area contributed by atoms with Gasteiger partial charge in [0, 0.05) is 17.3 Å². The zero-order valence-electron chi connectivity index (χ0n) is 15.3. The molecule has 4 rings (SSSR count). The number of aromatic nitrogens is 3. The lowest BCUT2D eigenvalue weighted by Gasteiger charge is -2.11. The minimum Gasteiger partial charge on any atom is -0.321 e. The van der Waals surface area contributed by atoms with Gasteiger partial charge in [-0.2, -0.15) is 5.10 Å². The van der Waals surface area contributed by atoms with E-state index in [1.165, 1.54) is 0 Å². The quantitative estimate of drug-likeness (QED) is 0.591. The summed E-state index contributed by atoms with van der Waals surface area (Å²) in [6.07, 6.45) is 3.36. The van der Waals surface area contributed by atoms with Gasteiger partial charge in [-0.3, -0.25) is 4.79 Å². The van der Waals surface area contributed by atoms with Crippen molar-refractivity contribution in [3.63, 3.8) is 0 Å². The second-order valence-electron chi connectivity index (χ2n) is 6.65. The van der Waals surface area contributed by atoms with Crippen LogP contribution in [0.1, 0.15) is 27.0 Å². The number of hydrogen-bond acceptors (Lipinski definition) is 3. The van der Waals surface area contributed by atoms with Gasteiger partial charge in [0.05, 0.1) is 18.3 Å². The van der Waals surface area contributed by atoms with Crippen molar-refractivity contribution in [2.24, 2.45) is 0 Å². The molecule has 0 saturated carbocycles. The number of anilines is 1. The number of nitrogens with zero attached hydrogens (tertiary/aromatic N) is 3. The first-order valence-electron chi connectivity index (χ1n) is 8.85. The second-order valence-corrected chi connectivity index (χ2v) is 6.65. The number of para-hydroxylation sites is 1. The molecule has 0 atom stereocenters. The van der Waals surface area contributed by atoms with Crippen LogP contribution in [0.2, 0.25) is 0 Å². The maximum Gasteiger partial charge on any atom is 0.257 e. The molecule has 0 unspecified atom stereocenters. The largest absolute Gasteiger partial charge is 0.321 e. The molecule has 27 heavy (non-hydrogen) atoms. The fourth-order valence-electron chi connectivity index (χ4n) is 3.17. The fourth-order valence-corrected chi connectivity index (χ4v) is 3.17. The molecule has 0 bridgehead atoms. The summed E-state index contributed by atoms with van der Waals surface area (Å²) in [5, 5.41) is 8.27. The molecule has 0 saturated heterocycles. The summed E-state index contributed by atoms with van der Waals surface area (Å²) < 4.78 is 1.85. The number of aryl methyl sites for hydroxylation is 2. The standard InChI is InChI=1S/C22H20N4O/c1-15-7-6-8-16(2)20(15)25-22(27)19-11-18-13-24-26(21(18)23-12-19)14-17-9-4-3-5-10-17/h3-13H,14H2,1-2H3,(H,25,27). The van der Waals surface area contributed by atoms with E-state index in [0.29, 0.717) is 12.1 Å². The van der Waals surface area contributed by atoms with Gasteiger partial charge in [-0.15, -0.1) is 0 Å². The van der Waals surface area contributed by atoms with Crippen LogP contribution >= 0.6 is 0 Å². The number of carbonyl (C=O) groups excluding carboxylic acids is 1. The normalized spacial score (nSPS) is 10.9. The van der Waals surface area contributed by atoms with Crippen LogP contribution in [0.5, 0.6) is 0 Å². The number of benzene rings is 2. The monoisotopic (exact) mass is 356 g/mol. The third-order valence-electron chi connectivity index (χ3n) is 4.63. The van der Waals surface area contributed by atoms with Gasteiger partial charge in [-0.1, -0.05) is 48.5 Å². The Hall–Kier alpha value is -3.47. The van der Waals surface area contributed by atoms with E-state index in [1.807, 2.05) is 61.0 Å². The summed E-state index contributed by atoms with van der Waals surface area (Å²) >= 11 is 0. The molecule has 4 aromatic rings. The predicted octanol–water partition coefficient (Wildman–Crippen LogP) is 4.35. The van der Waals surface area contributed by atoms with Crippen LogP contribution in [0.15, 0.2) is 67.0 Å². The first kappa shape index (κ1) is 17.0. The minimum atomic E-state index is -0.169. The van der Waals surface area contributed by atoms with Gasteiger partial charge in [0.2, 0.25) is 0 Å². The lowest BCUT2D eigenvalue weighted by molar-refractivity contribution is 0.102. The molecule has 2 aromatic carbocycles. The molecule has 0 aliphatic heterocycles. The number of carbonyl (C=O) groups is 1. The van der Waals surface area contributed by atoms with Crippen LogP contribution < -0.4 is 5.32 Å². The first-order chi connectivity index (χ1) is 13.1. The summed E-state index contributed by atoms with van der Waals surface area (Å²) in [4.78, 5) is 17.2. The summed E-state index contributed by atoms with van der Waals surface area (Å²) in [5.41, 5.74) is 5.36. The van der Waals surface area contributed by atoms with Gasteiger partial charge in [0.25, 0.3) is 5.91 Å². The summed E-state index contributed by atoms with van der Waals surface area (Å²) in [5.74, 6) is -0.169. The van der Waals surface area contributed by atoms with Crippen molar-refractivity contribution >= 4 is 22.6 Å². The SMILES string of the molecule is Cc1cccc(C)c1NC(=O)c1cnc2c(cnn2Cc2ccccc2)c1. The van der Waals surface area contributed by atoms with Gasteiger partial charge >= 0.3 is 0 Å².